The molecule has 0 aliphatic heterocycles. The Morgan fingerprint density at radius 3 is 2.55 bits per heavy atom. The fourth-order valence-corrected chi connectivity index (χ4v) is 1.93. The largest absolute Gasteiger partial charge is 0.330 e. The molecule has 0 aromatic heterocycles. The molecule has 0 bridgehead atoms. The first kappa shape index (κ1) is 8.91. The molecule has 0 spiro atoms. The van der Waals surface area contributed by atoms with Gasteiger partial charge in [0.15, 0.2) is 0 Å². The van der Waals surface area contributed by atoms with Gasteiger partial charge in [-0.05, 0) is 24.8 Å². The van der Waals surface area contributed by atoms with Gasteiger partial charge in [-0.25, -0.2) is 8.78 Å². The van der Waals surface area contributed by atoms with E-state index in [1.54, 1.807) is 0 Å². The molecule has 0 aromatic carbocycles. The van der Waals surface area contributed by atoms with Crippen LogP contribution in [0.4, 0.5) is 8.78 Å². The fraction of sp³-hybridized carbons (Fsp3) is 1.00. The van der Waals surface area contributed by atoms with Crippen molar-refractivity contribution in [2.24, 2.45) is 17.6 Å². The van der Waals surface area contributed by atoms with E-state index in [2.05, 4.69) is 0 Å². The molecular formula is C8H15F2N. The van der Waals surface area contributed by atoms with Gasteiger partial charge in [0.25, 0.3) is 0 Å². The first-order valence-corrected chi connectivity index (χ1v) is 4.11. The summed E-state index contributed by atoms with van der Waals surface area (Å²) in [6.07, 6.45) is 0.906. The molecule has 1 aliphatic carbocycles. The topological polar surface area (TPSA) is 26.0 Å². The van der Waals surface area contributed by atoms with Gasteiger partial charge in [0, 0.05) is 12.8 Å². The summed E-state index contributed by atoms with van der Waals surface area (Å²) in [5, 5.41) is 0. The van der Waals surface area contributed by atoms with Crippen LogP contribution < -0.4 is 5.73 Å². The lowest BCUT2D eigenvalue weighted by molar-refractivity contribution is -0.0676. The van der Waals surface area contributed by atoms with E-state index in [-0.39, 0.29) is 24.7 Å². The third kappa shape index (κ3) is 2.40. The first-order valence-electron chi connectivity index (χ1n) is 4.11. The highest BCUT2D eigenvalue weighted by Gasteiger charge is 2.38. The molecule has 0 aromatic rings. The Labute approximate surface area is 66.0 Å². The number of hydrogen-bond acceptors (Lipinski definition) is 1. The van der Waals surface area contributed by atoms with Gasteiger partial charge >= 0.3 is 0 Å². The normalized spacial score (nSPS) is 37.1. The Balaban J connectivity index is 2.51. The molecule has 2 N–H and O–H groups in total. The zero-order valence-corrected chi connectivity index (χ0v) is 6.82. The van der Waals surface area contributed by atoms with E-state index in [4.69, 9.17) is 5.73 Å². The minimum absolute atomic E-state index is 0.00611. The molecule has 66 valence electrons. The average Bonchev–Trinajstić information content (AvgIpc) is 1.83. The number of halogens is 2. The first-order chi connectivity index (χ1) is 5.03. The lowest BCUT2D eigenvalue weighted by Gasteiger charge is -2.32. The maximum absolute atomic E-state index is 12.8. The summed E-state index contributed by atoms with van der Waals surface area (Å²) in [7, 11) is 0. The highest BCUT2D eigenvalue weighted by Crippen LogP contribution is 2.39. The monoisotopic (exact) mass is 163 g/mol. The van der Waals surface area contributed by atoms with E-state index in [9.17, 15) is 8.78 Å². The van der Waals surface area contributed by atoms with Gasteiger partial charge in [-0.15, -0.1) is 0 Å². The summed E-state index contributed by atoms with van der Waals surface area (Å²) in [6, 6.07) is 0. The molecule has 0 amide bonds. The lowest BCUT2D eigenvalue weighted by atomic mass is 9.80. The minimum Gasteiger partial charge on any atom is -0.330 e. The Morgan fingerprint density at radius 1 is 1.45 bits per heavy atom. The molecule has 11 heavy (non-hydrogen) atoms. The van der Waals surface area contributed by atoms with Gasteiger partial charge < -0.3 is 5.73 Å². The summed E-state index contributed by atoms with van der Waals surface area (Å²) >= 11 is 0. The molecule has 0 radical (unpaired) electrons. The molecule has 3 heteroatoms. The maximum Gasteiger partial charge on any atom is 0.248 e. The summed E-state index contributed by atoms with van der Waals surface area (Å²) in [5.41, 5.74) is 5.35. The van der Waals surface area contributed by atoms with Gasteiger partial charge in [-0.3, -0.25) is 0 Å². The minimum atomic E-state index is -2.46. The Morgan fingerprint density at radius 2 is 2.09 bits per heavy atom. The van der Waals surface area contributed by atoms with Crippen LogP contribution in [0.1, 0.15) is 26.2 Å². The quantitative estimate of drug-likeness (QED) is 0.628. The molecule has 2 atom stereocenters. The molecule has 1 fully saturated rings. The standard InChI is InChI=1S/C8H15F2N/c1-6-2-7(5-11)4-8(9,10)3-6/h6-7H,2-5,11H2,1H3/t6-,7-/m0/s1. The van der Waals surface area contributed by atoms with Gasteiger partial charge in [0.1, 0.15) is 0 Å². The van der Waals surface area contributed by atoms with Gasteiger partial charge in [-0.2, -0.15) is 0 Å². The molecule has 1 rings (SSSR count). The van der Waals surface area contributed by atoms with Crippen LogP contribution in [0.2, 0.25) is 0 Å². The van der Waals surface area contributed by atoms with Crippen LogP contribution in [-0.2, 0) is 0 Å². The second kappa shape index (κ2) is 3.05. The fourth-order valence-electron chi connectivity index (χ4n) is 1.93. The van der Waals surface area contributed by atoms with E-state index in [0.717, 1.165) is 6.42 Å². The van der Waals surface area contributed by atoms with Gasteiger partial charge in [-0.1, -0.05) is 6.92 Å². The number of alkyl halides is 2. The molecule has 0 heterocycles. The van der Waals surface area contributed by atoms with E-state index in [0.29, 0.717) is 6.54 Å². The average molecular weight is 163 g/mol. The predicted molar refractivity (Wildman–Crippen MR) is 40.5 cm³/mol. The second-order valence-corrected chi connectivity index (χ2v) is 3.71. The van der Waals surface area contributed by atoms with Crippen LogP contribution in [0.3, 0.4) is 0 Å². The number of hydrogen-bond donors (Lipinski definition) is 1. The lowest BCUT2D eigenvalue weighted by Crippen LogP contribution is -2.34. The van der Waals surface area contributed by atoms with Gasteiger partial charge in [0.05, 0.1) is 0 Å². The van der Waals surface area contributed by atoms with Crippen molar-refractivity contribution in [2.45, 2.75) is 32.1 Å². The van der Waals surface area contributed by atoms with Crippen molar-refractivity contribution in [3.05, 3.63) is 0 Å². The van der Waals surface area contributed by atoms with Crippen LogP contribution in [0, 0.1) is 11.8 Å². The van der Waals surface area contributed by atoms with Gasteiger partial charge in [0.2, 0.25) is 5.92 Å². The van der Waals surface area contributed by atoms with Crippen LogP contribution in [0.5, 0.6) is 0 Å². The summed E-state index contributed by atoms with van der Waals surface area (Å²) in [6.45, 7) is 2.27. The predicted octanol–water partition coefficient (Wildman–Crippen LogP) is 2.02. The van der Waals surface area contributed by atoms with Crippen LogP contribution in [-0.4, -0.2) is 12.5 Å². The third-order valence-electron chi connectivity index (χ3n) is 2.30. The molecule has 1 saturated carbocycles. The van der Waals surface area contributed by atoms with Crippen molar-refractivity contribution >= 4 is 0 Å². The highest BCUT2D eigenvalue weighted by molar-refractivity contribution is 4.82. The molecular weight excluding hydrogens is 148 g/mol. The second-order valence-electron chi connectivity index (χ2n) is 3.71. The van der Waals surface area contributed by atoms with Crippen molar-refractivity contribution < 1.29 is 8.78 Å². The number of rotatable bonds is 1. The summed E-state index contributed by atoms with van der Waals surface area (Å²) in [5.74, 6) is -2.29. The van der Waals surface area contributed by atoms with Crippen LogP contribution in [0.25, 0.3) is 0 Å². The van der Waals surface area contributed by atoms with Crippen molar-refractivity contribution in [3.8, 4) is 0 Å². The van der Waals surface area contributed by atoms with Crippen molar-refractivity contribution in [3.63, 3.8) is 0 Å². The Kier molecular flexibility index (Phi) is 2.47. The van der Waals surface area contributed by atoms with Crippen molar-refractivity contribution in [2.75, 3.05) is 6.54 Å². The third-order valence-corrected chi connectivity index (χ3v) is 2.30. The van der Waals surface area contributed by atoms with E-state index >= 15 is 0 Å². The Hall–Kier alpha value is -0.180. The molecule has 1 aliphatic rings. The zero-order chi connectivity index (χ0) is 8.48. The highest BCUT2D eigenvalue weighted by atomic mass is 19.3. The molecule has 0 saturated heterocycles. The van der Waals surface area contributed by atoms with Crippen molar-refractivity contribution in [1.82, 2.24) is 0 Å². The van der Waals surface area contributed by atoms with Crippen LogP contribution in [0.15, 0.2) is 0 Å². The zero-order valence-electron chi connectivity index (χ0n) is 6.82. The van der Waals surface area contributed by atoms with E-state index in [1.807, 2.05) is 6.92 Å². The maximum atomic E-state index is 12.8. The Bertz CT molecular complexity index is 136. The summed E-state index contributed by atoms with van der Waals surface area (Å²) in [4.78, 5) is 0. The molecule has 1 nitrogen and oxygen atoms in total. The number of nitrogens with two attached hydrogens (primary N) is 1. The SMILES string of the molecule is C[C@H]1C[C@H](CN)CC(F)(F)C1. The summed E-state index contributed by atoms with van der Waals surface area (Å²) < 4.78 is 25.7. The molecule has 0 unspecified atom stereocenters. The van der Waals surface area contributed by atoms with Crippen LogP contribution >= 0.6 is 0 Å². The van der Waals surface area contributed by atoms with Crippen molar-refractivity contribution in [1.29, 1.82) is 0 Å². The van der Waals surface area contributed by atoms with E-state index in [1.165, 1.54) is 0 Å². The smallest absolute Gasteiger partial charge is 0.248 e. The van der Waals surface area contributed by atoms with E-state index < -0.39 is 5.92 Å².